The fourth-order valence-corrected chi connectivity index (χ4v) is 3.00. The van der Waals surface area contributed by atoms with Crippen LogP contribution in [0.3, 0.4) is 0 Å². The standard InChI is InChI=1S/C15H9Br2NO2/c16-10-5-6-13-11(7-10)14(19)15(20)18(13)8-9-3-1-2-4-12(9)17/h1-7H,8H2. The van der Waals surface area contributed by atoms with Crippen LogP contribution in [-0.2, 0) is 11.3 Å². The van der Waals surface area contributed by atoms with Crippen LogP contribution in [0, 0.1) is 0 Å². The molecule has 0 saturated heterocycles. The van der Waals surface area contributed by atoms with Crippen molar-refractivity contribution in [3.63, 3.8) is 0 Å². The predicted molar refractivity (Wildman–Crippen MR) is 83.8 cm³/mol. The molecule has 0 fully saturated rings. The van der Waals surface area contributed by atoms with E-state index in [9.17, 15) is 9.59 Å². The second-order valence-electron chi connectivity index (χ2n) is 4.47. The van der Waals surface area contributed by atoms with Gasteiger partial charge in [-0.25, -0.2) is 0 Å². The Balaban J connectivity index is 2.02. The number of rotatable bonds is 2. The van der Waals surface area contributed by atoms with E-state index < -0.39 is 11.7 Å². The number of carbonyl (C=O) groups excluding carboxylic acids is 2. The van der Waals surface area contributed by atoms with Gasteiger partial charge in [-0.3, -0.25) is 9.59 Å². The Bertz CT molecular complexity index is 728. The van der Waals surface area contributed by atoms with E-state index in [-0.39, 0.29) is 0 Å². The summed E-state index contributed by atoms with van der Waals surface area (Å²) < 4.78 is 1.71. The fraction of sp³-hybridized carbons (Fsp3) is 0.0667. The van der Waals surface area contributed by atoms with Crippen LogP contribution < -0.4 is 4.90 Å². The van der Waals surface area contributed by atoms with Gasteiger partial charge in [0.15, 0.2) is 0 Å². The number of hydrogen-bond donors (Lipinski definition) is 0. The summed E-state index contributed by atoms with van der Waals surface area (Å²) in [6.07, 6.45) is 0. The molecule has 5 heteroatoms. The smallest absolute Gasteiger partial charge is 0.299 e. The summed E-state index contributed by atoms with van der Waals surface area (Å²) in [5, 5.41) is 0. The van der Waals surface area contributed by atoms with Gasteiger partial charge in [-0.15, -0.1) is 0 Å². The van der Waals surface area contributed by atoms with E-state index in [2.05, 4.69) is 31.9 Å². The minimum absolute atomic E-state index is 0.376. The second-order valence-corrected chi connectivity index (χ2v) is 6.24. The van der Waals surface area contributed by atoms with Crippen molar-refractivity contribution in [3.8, 4) is 0 Å². The van der Waals surface area contributed by atoms with Crippen LogP contribution in [0.2, 0.25) is 0 Å². The summed E-state index contributed by atoms with van der Waals surface area (Å²) in [7, 11) is 0. The number of carbonyl (C=O) groups is 2. The molecule has 1 amide bonds. The molecule has 1 aliphatic rings. The van der Waals surface area contributed by atoms with Gasteiger partial charge in [0.2, 0.25) is 0 Å². The lowest BCUT2D eigenvalue weighted by molar-refractivity contribution is -0.114. The third-order valence-corrected chi connectivity index (χ3v) is 4.49. The zero-order valence-electron chi connectivity index (χ0n) is 10.3. The number of anilines is 1. The lowest BCUT2D eigenvalue weighted by atomic mass is 10.1. The SMILES string of the molecule is O=C1C(=O)N(Cc2ccccc2Br)c2ccc(Br)cc21. The van der Waals surface area contributed by atoms with E-state index in [1.807, 2.05) is 30.3 Å². The highest BCUT2D eigenvalue weighted by atomic mass is 79.9. The number of ketones is 1. The van der Waals surface area contributed by atoms with Crippen LogP contribution in [0.1, 0.15) is 15.9 Å². The summed E-state index contributed by atoms with van der Waals surface area (Å²) in [5.74, 6) is -0.929. The highest BCUT2D eigenvalue weighted by Gasteiger charge is 2.35. The molecule has 20 heavy (non-hydrogen) atoms. The number of nitrogens with zero attached hydrogens (tertiary/aromatic N) is 1. The molecule has 0 spiro atoms. The van der Waals surface area contributed by atoms with Crippen LogP contribution in [0.25, 0.3) is 0 Å². The Morgan fingerprint density at radius 3 is 2.50 bits per heavy atom. The molecule has 2 aromatic carbocycles. The number of fused-ring (bicyclic) bond motifs is 1. The maximum absolute atomic E-state index is 12.1. The molecular formula is C15H9Br2NO2. The average Bonchev–Trinajstić information content (AvgIpc) is 2.66. The van der Waals surface area contributed by atoms with Gasteiger partial charge >= 0.3 is 0 Å². The van der Waals surface area contributed by atoms with Crippen LogP contribution in [0.4, 0.5) is 5.69 Å². The molecule has 2 aromatic rings. The van der Waals surface area contributed by atoms with Gasteiger partial charge in [0.25, 0.3) is 11.7 Å². The van der Waals surface area contributed by atoms with E-state index in [1.54, 1.807) is 12.1 Å². The molecule has 0 aromatic heterocycles. The predicted octanol–water partition coefficient (Wildman–Crippen LogP) is 3.94. The molecular weight excluding hydrogens is 386 g/mol. The molecule has 1 aliphatic heterocycles. The maximum Gasteiger partial charge on any atom is 0.299 e. The summed E-state index contributed by atoms with van der Waals surface area (Å²) in [5.41, 5.74) is 2.08. The van der Waals surface area contributed by atoms with E-state index in [0.29, 0.717) is 17.8 Å². The molecule has 0 saturated carbocycles. The zero-order valence-corrected chi connectivity index (χ0v) is 13.4. The molecule has 1 heterocycles. The zero-order chi connectivity index (χ0) is 14.3. The summed E-state index contributed by atoms with van der Waals surface area (Å²) in [6, 6.07) is 13.0. The monoisotopic (exact) mass is 393 g/mol. The Kier molecular flexibility index (Phi) is 3.48. The van der Waals surface area contributed by atoms with E-state index in [0.717, 1.165) is 14.5 Å². The number of amides is 1. The van der Waals surface area contributed by atoms with Gasteiger partial charge in [0.1, 0.15) is 0 Å². The molecule has 0 bridgehead atoms. The van der Waals surface area contributed by atoms with E-state index in [1.165, 1.54) is 4.90 Å². The topological polar surface area (TPSA) is 37.4 Å². The van der Waals surface area contributed by atoms with Crippen LogP contribution in [0.15, 0.2) is 51.4 Å². The van der Waals surface area contributed by atoms with E-state index in [4.69, 9.17) is 0 Å². The van der Waals surface area contributed by atoms with Crippen molar-refractivity contribution >= 4 is 49.2 Å². The van der Waals surface area contributed by atoms with Crippen molar-refractivity contribution in [1.82, 2.24) is 0 Å². The molecule has 3 nitrogen and oxygen atoms in total. The van der Waals surface area contributed by atoms with Crippen LogP contribution in [-0.4, -0.2) is 11.7 Å². The first-order valence-corrected chi connectivity index (χ1v) is 7.55. The first kappa shape index (κ1) is 13.5. The number of hydrogen-bond acceptors (Lipinski definition) is 2. The fourth-order valence-electron chi connectivity index (χ4n) is 2.23. The van der Waals surface area contributed by atoms with Crippen molar-refractivity contribution in [1.29, 1.82) is 0 Å². The Labute approximate surface area is 132 Å². The van der Waals surface area contributed by atoms with Crippen molar-refractivity contribution in [2.45, 2.75) is 6.54 Å². The third-order valence-electron chi connectivity index (χ3n) is 3.22. The molecule has 0 aliphatic carbocycles. The summed E-state index contributed by atoms with van der Waals surface area (Å²) >= 11 is 6.78. The Hall–Kier alpha value is -1.46. The lowest BCUT2D eigenvalue weighted by Gasteiger charge is -2.17. The normalized spacial score (nSPS) is 13.8. The number of Topliss-reactive ketones (excluding diaryl/α,β-unsaturated/α-hetero) is 1. The van der Waals surface area contributed by atoms with Gasteiger partial charge in [-0.1, -0.05) is 50.1 Å². The first-order chi connectivity index (χ1) is 9.58. The van der Waals surface area contributed by atoms with Crippen LogP contribution >= 0.6 is 31.9 Å². The molecule has 3 rings (SSSR count). The maximum atomic E-state index is 12.1. The highest BCUT2D eigenvalue weighted by molar-refractivity contribution is 9.10. The minimum atomic E-state index is -0.478. The van der Waals surface area contributed by atoms with Crippen molar-refractivity contribution < 1.29 is 9.59 Å². The number of benzene rings is 2. The van der Waals surface area contributed by atoms with Gasteiger partial charge < -0.3 is 4.90 Å². The molecule has 100 valence electrons. The van der Waals surface area contributed by atoms with Gasteiger partial charge in [-0.05, 0) is 29.8 Å². The minimum Gasteiger partial charge on any atom is -0.300 e. The van der Waals surface area contributed by atoms with Gasteiger partial charge in [-0.2, -0.15) is 0 Å². The largest absolute Gasteiger partial charge is 0.300 e. The van der Waals surface area contributed by atoms with Gasteiger partial charge in [0, 0.05) is 8.95 Å². The highest BCUT2D eigenvalue weighted by Crippen LogP contribution is 2.33. The molecule has 0 unspecified atom stereocenters. The quantitative estimate of drug-likeness (QED) is 0.723. The molecule has 0 atom stereocenters. The number of halogens is 2. The third kappa shape index (κ3) is 2.21. The van der Waals surface area contributed by atoms with Crippen molar-refractivity contribution in [2.75, 3.05) is 4.90 Å². The lowest BCUT2D eigenvalue weighted by Crippen LogP contribution is -2.29. The van der Waals surface area contributed by atoms with E-state index >= 15 is 0 Å². The molecule has 0 radical (unpaired) electrons. The molecule has 0 N–H and O–H groups in total. The van der Waals surface area contributed by atoms with Crippen molar-refractivity contribution in [2.24, 2.45) is 0 Å². The average molecular weight is 395 g/mol. The van der Waals surface area contributed by atoms with Crippen molar-refractivity contribution in [3.05, 3.63) is 62.5 Å². The summed E-state index contributed by atoms with van der Waals surface area (Å²) in [4.78, 5) is 25.7. The summed E-state index contributed by atoms with van der Waals surface area (Å²) in [6.45, 7) is 0.376. The first-order valence-electron chi connectivity index (χ1n) is 5.97. The van der Waals surface area contributed by atoms with Crippen LogP contribution in [0.5, 0.6) is 0 Å². The Morgan fingerprint density at radius 1 is 1.00 bits per heavy atom. The second kappa shape index (κ2) is 5.14. The van der Waals surface area contributed by atoms with Gasteiger partial charge in [0.05, 0.1) is 17.8 Å². The Morgan fingerprint density at radius 2 is 1.75 bits per heavy atom.